The molecular formula is C10H10ClF2NO3. The van der Waals surface area contributed by atoms with Gasteiger partial charge in [-0.05, 0) is 17.7 Å². The summed E-state index contributed by atoms with van der Waals surface area (Å²) in [5.74, 6) is -3.32. The van der Waals surface area contributed by atoms with Crippen molar-refractivity contribution in [1.29, 1.82) is 0 Å². The number of hydrogen-bond acceptors (Lipinski definition) is 3. The van der Waals surface area contributed by atoms with Crippen molar-refractivity contribution >= 4 is 18.5 Å². The van der Waals surface area contributed by atoms with Gasteiger partial charge >= 0.3 is 12.0 Å². The van der Waals surface area contributed by atoms with Crippen molar-refractivity contribution < 1.29 is 23.4 Å². The Balaban J connectivity index is 0.00000144. The lowest BCUT2D eigenvalue weighted by molar-refractivity contribution is -0.104. The van der Waals surface area contributed by atoms with Crippen molar-refractivity contribution in [1.82, 2.24) is 5.32 Å². The summed E-state index contributed by atoms with van der Waals surface area (Å²) in [6.45, 7) is -0.959. The van der Waals surface area contributed by atoms with Crippen LogP contribution in [0.5, 0.6) is 5.75 Å². The summed E-state index contributed by atoms with van der Waals surface area (Å²) in [5.41, 5.74) is 0.140. The average Bonchev–Trinajstić information content (AvgIpc) is 2.22. The highest BCUT2D eigenvalue weighted by Gasteiger charge is 2.46. The molecule has 0 unspecified atom stereocenters. The molecule has 4 nitrogen and oxygen atoms in total. The summed E-state index contributed by atoms with van der Waals surface area (Å²) in [6, 6.07) is 3.92. The number of aromatic hydroxyl groups is 1. The van der Waals surface area contributed by atoms with E-state index in [1.165, 1.54) is 24.3 Å². The van der Waals surface area contributed by atoms with Gasteiger partial charge in [0.15, 0.2) is 6.61 Å². The maximum atomic E-state index is 13.4. The van der Waals surface area contributed by atoms with Gasteiger partial charge in [0, 0.05) is 0 Å². The van der Waals surface area contributed by atoms with Gasteiger partial charge in [0.05, 0.1) is 0 Å². The number of phenols is 1. The quantitative estimate of drug-likeness (QED) is 0.819. The summed E-state index contributed by atoms with van der Waals surface area (Å²) in [5, 5.41) is 11.2. The standard InChI is InChI=1S/C10H9F2NO3.ClH/c11-10(12)5-16-9(15)13-8(10)6-2-1-3-7(14)4-6;/h1-4,8,14H,5H2,(H,13,15);1H/t8-;/m1./s1. The summed E-state index contributed by atoms with van der Waals surface area (Å²) >= 11 is 0. The first-order valence-corrected chi connectivity index (χ1v) is 4.59. The number of alkyl carbamates (subject to hydrolysis) is 1. The van der Waals surface area contributed by atoms with Crippen molar-refractivity contribution in [2.24, 2.45) is 0 Å². The van der Waals surface area contributed by atoms with Crippen LogP contribution in [0.25, 0.3) is 0 Å². The van der Waals surface area contributed by atoms with Crippen LogP contribution in [-0.2, 0) is 4.74 Å². The summed E-state index contributed by atoms with van der Waals surface area (Å²) in [7, 11) is 0. The van der Waals surface area contributed by atoms with E-state index in [-0.39, 0.29) is 23.7 Å². The molecule has 1 fully saturated rings. The van der Waals surface area contributed by atoms with Crippen LogP contribution in [0.15, 0.2) is 24.3 Å². The van der Waals surface area contributed by atoms with Crippen LogP contribution in [0.2, 0.25) is 0 Å². The fraction of sp³-hybridized carbons (Fsp3) is 0.300. The van der Waals surface area contributed by atoms with Crippen LogP contribution >= 0.6 is 12.4 Å². The predicted molar refractivity (Wildman–Crippen MR) is 57.5 cm³/mol. The lowest BCUT2D eigenvalue weighted by Crippen LogP contribution is -2.49. The van der Waals surface area contributed by atoms with Crippen molar-refractivity contribution in [2.75, 3.05) is 6.61 Å². The Labute approximate surface area is 102 Å². The molecule has 17 heavy (non-hydrogen) atoms. The first-order chi connectivity index (χ1) is 7.49. The maximum Gasteiger partial charge on any atom is 0.408 e. The Morgan fingerprint density at radius 3 is 2.82 bits per heavy atom. The molecule has 2 rings (SSSR count). The van der Waals surface area contributed by atoms with Crippen LogP contribution in [0.4, 0.5) is 13.6 Å². The van der Waals surface area contributed by atoms with Crippen LogP contribution in [0, 0.1) is 0 Å². The molecule has 1 heterocycles. The molecule has 1 aliphatic heterocycles. The van der Waals surface area contributed by atoms with E-state index < -0.39 is 24.7 Å². The van der Waals surface area contributed by atoms with Crippen molar-refractivity contribution in [2.45, 2.75) is 12.0 Å². The number of alkyl halides is 2. The number of amides is 1. The van der Waals surface area contributed by atoms with Gasteiger partial charge in [-0.2, -0.15) is 0 Å². The first-order valence-electron chi connectivity index (χ1n) is 4.59. The Morgan fingerprint density at radius 2 is 2.18 bits per heavy atom. The topological polar surface area (TPSA) is 58.6 Å². The van der Waals surface area contributed by atoms with Crippen LogP contribution in [0.3, 0.4) is 0 Å². The van der Waals surface area contributed by atoms with Gasteiger partial charge < -0.3 is 15.2 Å². The van der Waals surface area contributed by atoms with Gasteiger partial charge in [-0.3, -0.25) is 0 Å². The third-order valence-electron chi connectivity index (χ3n) is 2.28. The van der Waals surface area contributed by atoms with E-state index in [0.717, 1.165) is 0 Å². The number of benzene rings is 1. The normalized spacial score (nSPS) is 22.0. The molecule has 1 aromatic carbocycles. The highest BCUT2D eigenvalue weighted by atomic mass is 35.5. The monoisotopic (exact) mass is 265 g/mol. The molecule has 7 heteroatoms. The van der Waals surface area contributed by atoms with Gasteiger partial charge in [0.1, 0.15) is 11.8 Å². The molecular weight excluding hydrogens is 256 g/mol. The minimum atomic E-state index is -3.19. The molecule has 2 N–H and O–H groups in total. The summed E-state index contributed by atoms with van der Waals surface area (Å²) in [4.78, 5) is 10.9. The van der Waals surface area contributed by atoms with E-state index >= 15 is 0 Å². The molecule has 1 atom stereocenters. The molecule has 94 valence electrons. The lowest BCUT2D eigenvalue weighted by Gasteiger charge is -2.31. The van der Waals surface area contributed by atoms with E-state index in [9.17, 15) is 18.7 Å². The number of carbonyl (C=O) groups excluding carboxylic acids is 1. The predicted octanol–water partition coefficient (Wildman–Crippen LogP) is 2.23. The number of rotatable bonds is 1. The third-order valence-corrected chi connectivity index (χ3v) is 2.28. The molecule has 0 aromatic heterocycles. The molecule has 0 aliphatic carbocycles. The highest BCUT2D eigenvalue weighted by molar-refractivity contribution is 5.85. The zero-order valence-electron chi connectivity index (χ0n) is 8.52. The molecule has 1 amide bonds. The van der Waals surface area contributed by atoms with E-state index in [1.807, 2.05) is 5.32 Å². The number of cyclic esters (lactones) is 1. The Hall–Kier alpha value is -1.56. The van der Waals surface area contributed by atoms with E-state index in [1.54, 1.807) is 0 Å². The molecule has 0 spiro atoms. The van der Waals surface area contributed by atoms with Gasteiger partial charge in [-0.25, -0.2) is 13.6 Å². The molecule has 0 radical (unpaired) electrons. The second-order valence-corrected chi connectivity index (χ2v) is 3.51. The van der Waals surface area contributed by atoms with Crippen LogP contribution in [-0.4, -0.2) is 23.7 Å². The Kier molecular flexibility index (Phi) is 3.77. The van der Waals surface area contributed by atoms with Crippen molar-refractivity contribution in [3.63, 3.8) is 0 Å². The second kappa shape index (κ2) is 4.75. The number of hydrogen-bond donors (Lipinski definition) is 2. The van der Waals surface area contributed by atoms with E-state index in [4.69, 9.17) is 0 Å². The third kappa shape index (κ3) is 2.76. The number of halogens is 3. The Morgan fingerprint density at radius 1 is 1.47 bits per heavy atom. The number of nitrogens with one attached hydrogen (secondary N) is 1. The minimum absolute atomic E-state index is 0. The fourth-order valence-corrected chi connectivity index (χ4v) is 1.54. The van der Waals surface area contributed by atoms with E-state index in [2.05, 4.69) is 4.74 Å². The first kappa shape index (κ1) is 13.5. The Bertz CT molecular complexity index is 428. The van der Waals surface area contributed by atoms with Gasteiger partial charge in [0.25, 0.3) is 0 Å². The molecule has 1 aliphatic rings. The van der Waals surface area contributed by atoms with Crippen LogP contribution < -0.4 is 5.32 Å². The molecule has 0 saturated carbocycles. The van der Waals surface area contributed by atoms with Gasteiger partial charge in [0.2, 0.25) is 0 Å². The fourth-order valence-electron chi connectivity index (χ4n) is 1.54. The number of ether oxygens (including phenoxy) is 1. The maximum absolute atomic E-state index is 13.4. The molecule has 1 aromatic rings. The van der Waals surface area contributed by atoms with Gasteiger partial charge in [-0.15, -0.1) is 12.4 Å². The van der Waals surface area contributed by atoms with E-state index in [0.29, 0.717) is 0 Å². The minimum Gasteiger partial charge on any atom is -0.508 e. The van der Waals surface area contributed by atoms with Crippen molar-refractivity contribution in [3.05, 3.63) is 29.8 Å². The smallest absolute Gasteiger partial charge is 0.408 e. The molecule has 1 saturated heterocycles. The lowest BCUT2D eigenvalue weighted by atomic mass is 10.00. The SMILES string of the molecule is Cl.O=C1N[C@H](c2cccc(O)c2)C(F)(F)CO1. The zero-order chi connectivity index (χ0) is 11.8. The molecule has 0 bridgehead atoms. The van der Waals surface area contributed by atoms with Crippen LogP contribution in [0.1, 0.15) is 11.6 Å². The summed E-state index contributed by atoms with van der Waals surface area (Å²) < 4.78 is 31.1. The highest BCUT2D eigenvalue weighted by Crippen LogP contribution is 2.35. The van der Waals surface area contributed by atoms with Gasteiger partial charge in [-0.1, -0.05) is 12.1 Å². The number of phenolic OH excluding ortho intramolecular Hbond substituents is 1. The number of carbonyl (C=O) groups is 1. The summed E-state index contributed by atoms with van der Waals surface area (Å²) in [6.07, 6.45) is -0.890. The average molecular weight is 266 g/mol. The zero-order valence-corrected chi connectivity index (χ0v) is 9.34. The van der Waals surface area contributed by atoms with Crippen molar-refractivity contribution in [3.8, 4) is 5.75 Å². The largest absolute Gasteiger partial charge is 0.508 e. The second-order valence-electron chi connectivity index (χ2n) is 3.51.